The SMILES string of the molecule is ICCCCNCC1COc2ccccc21. The van der Waals surface area contributed by atoms with E-state index in [1.807, 2.05) is 6.07 Å². The van der Waals surface area contributed by atoms with Crippen LogP contribution in [0.3, 0.4) is 0 Å². The van der Waals surface area contributed by atoms with Gasteiger partial charge in [-0.3, -0.25) is 0 Å². The van der Waals surface area contributed by atoms with Crippen LogP contribution in [0.5, 0.6) is 5.75 Å². The van der Waals surface area contributed by atoms with E-state index in [1.165, 1.54) is 22.8 Å². The predicted molar refractivity (Wildman–Crippen MR) is 75.7 cm³/mol. The average Bonchev–Trinajstić information content (AvgIpc) is 2.73. The molecule has 0 spiro atoms. The Morgan fingerprint density at radius 1 is 1.31 bits per heavy atom. The summed E-state index contributed by atoms with van der Waals surface area (Å²) in [5, 5.41) is 3.52. The summed E-state index contributed by atoms with van der Waals surface area (Å²) in [6, 6.07) is 8.37. The van der Waals surface area contributed by atoms with Gasteiger partial charge in [0.25, 0.3) is 0 Å². The molecule has 1 heterocycles. The van der Waals surface area contributed by atoms with Gasteiger partial charge in [-0.1, -0.05) is 40.8 Å². The minimum absolute atomic E-state index is 0.538. The topological polar surface area (TPSA) is 21.3 Å². The largest absolute Gasteiger partial charge is 0.493 e. The lowest BCUT2D eigenvalue weighted by atomic mass is 10.0. The number of unbranched alkanes of at least 4 members (excludes halogenated alkanes) is 1. The number of rotatable bonds is 6. The summed E-state index contributed by atoms with van der Waals surface area (Å²) in [4.78, 5) is 0. The van der Waals surface area contributed by atoms with Gasteiger partial charge in [0.1, 0.15) is 5.75 Å². The second kappa shape index (κ2) is 6.45. The highest BCUT2D eigenvalue weighted by Crippen LogP contribution is 2.32. The highest BCUT2D eigenvalue weighted by molar-refractivity contribution is 14.1. The summed E-state index contributed by atoms with van der Waals surface area (Å²) < 4.78 is 6.91. The smallest absolute Gasteiger partial charge is 0.122 e. The maximum Gasteiger partial charge on any atom is 0.122 e. The fraction of sp³-hybridized carbons (Fsp3) is 0.538. The van der Waals surface area contributed by atoms with E-state index in [2.05, 4.69) is 46.1 Å². The van der Waals surface area contributed by atoms with Crippen molar-refractivity contribution >= 4 is 22.6 Å². The highest BCUT2D eigenvalue weighted by Gasteiger charge is 2.22. The molecule has 88 valence electrons. The second-order valence-electron chi connectivity index (χ2n) is 4.15. The molecule has 1 atom stereocenters. The van der Waals surface area contributed by atoms with Crippen LogP contribution >= 0.6 is 22.6 Å². The van der Waals surface area contributed by atoms with Crippen LogP contribution in [0.2, 0.25) is 0 Å². The Bertz CT molecular complexity index is 329. The van der Waals surface area contributed by atoms with Crippen LogP contribution in [0, 0.1) is 0 Å². The van der Waals surface area contributed by atoms with Crippen molar-refractivity contribution in [2.45, 2.75) is 18.8 Å². The van der Waals surface area contributed by atoms with Gasteiger partial charge >= 0.3 is 0 Å². The molecule has 0 saturated heterocycles. The van der Waals surface area contributed by atoms with Crippen LogP contribution in [-0.2, 0) is 0 Å². The number of halogens is 1. The minimum atomic E-state index is 0.538. The lowest BCUT2D eigenvalue weighted by molar-refractivity contribution is 0.326. The maximum atomic E-state index is 5.65. The van der Waals surface area contributed by atoms with Gasteiger partial charge in [-0.2, -0.15) is 0 Å². The van der Waals surface area contributed by atoms with Gasteiger partial charge in [0, 0.05) is 18.0 Å². The monoisotopic (exact) mass is 331 g/mol. The summed E-state index contributed by atoms with van der Waals surface area (Å²) in [5.74, 6) is 1.61. The van der Waals surface area contributed by atoms with E-state index in [0.717, 1.165) is 25.4 Å². The number of alkyl halides is 1. The molecule has 1 aliphatic rings. The predicted octanol–water partition coefficient (Wildman–Crippen LogP) is 2.97. The molecule has 1 aliphatic heterocycles. The first-order valence-corrected chi connectivity index (χ1v) is 7.43. The molecule has 0 radical (unpaired) electrons. The molecule has 1 N–H and O–H groups in total. The van der Waals surface area contributed by atoms with Crippen LogP contribution in [0.4, 0.5) is 0 Å². The zero-order valence-corrected chi connectivity index (χ0v) is 11.6. The maximum absolute atomic E-state index is 5.65. The summed E-state index contributed by atoms with van der Waals surface area (Å²) >= 11 is 2.43. The number of para-hydroxylation sites is 1. The third-order valence-electron chi connectivity index (χ3n) is 2.93. The third kappa shape index (κ3) is 3.10. The van der Waals surface area contributed by atoms with Gasteiger partial charge in [-0.05, 0) is 29.9 Å². The Balaban J connectivity index is 1.76. The Kier molecular flexibility index (Phi) is 4.91. The van der Waals surface area contributed by atoms with E-state index in [4.69, 9.17) is 4.74 Å². The van der Waals surface area contributed by atoms with Crippen molar-refractivity contribution in [3.05, 3.63) is 29.8 Å². The molecule has 1 aromatic rings. The first-order chi connectivity index (χ1) is 7.92. The van der Waals surface area contributed by atoms with Crippen molar-refractivity contribution in [3.63, 3.8) is 0 Å². The van der Waals surface area contributed by atoms with E-state index in [1.54, 1.807) is 0 Å². The molecule has 0 fully saturated rings. The molecular weight excluding hydrogens is 313 g/mol. The average molecular weight is 331 g/mol. The number of nitrogens with one attached hydrogen (secondary N) is 1. The standard InChI is InChI=1S/C13H18INO/c14-7-3-4-8-15-9-11-10-16-13-6-2-1-5-12(11)13/h1-2,5-6,11,15H,3-4,7-10H2. The summed E-state index contributed by atoms with van der Waals surface area (Å²) in [6.45, 7) is 3.00. The quantitative estimate of drug-likeness (QED) is 0.492. The molecule has 3 heteroatoms. The number of hydrogen-bond donors (Lipinski definition) is 1. The Morgan fingerprint density at radius 2 is 2.19 bits per heavy atom. The van der Waals surface area contributed by atoms with Gasteiger partial charge in [0.15, 0.2) is 0 Å². The van der Waals surface area contributed by atoms with Crippen LogP contribution in [0.1, 0.15) is 24.3 Å². The van der Waals surface area contributed by atoms with Gasteiger partial charge in [0.2, 0.25) is 0 Å². The Labute approximate surface area is 111 Å². The molecular formula is C13H18INO. The van der Waals surface area contributed by atoms with Crippen LogP contribution < -0.4 is 10.1 Å². The van der Waals surface area contributed by atoms with E-state index >= 15 is 0 Å². The molecule has 0 bridgehead atoms. The first kappa shape index (κ1) is 12.2. The number of ether oxygens (including phenoxy) is 1. The lowest BCUT2D eigenvalue weighted by Crippen LogP contribution is -2.23. The first-order valence-electron chi connectivity index (χ1n) is 5.90. The summed E-state index contributed by atoms with van der Waals surface area (Å²) in [6.07, 6.45) is 2.59. The third-order valence-corrected chi connectivity index (χ3v) is 3.69. The zero-order valence-electron chi connectivity index (χ0n) is 9.42. The Hall–Kier alpha value is -0.290. The minimum Gasteiger partial charge on any atom is -0.493 e. The zero-order chi connectivity index (χ0) is 11.2. The van der Waals surface area contributed by atoms with Crippen molar-refractivity contribution in [1.29, 1.82) is 0 Å². The summed E-state index contributed by atoms with van der Waals surface area (Å²) in [7, 11) is 0. The van der Waals surface area contributed by atoms with Crippen LogP contribution in [0.25, 0.3) is 0 Å². The molecule has 0 aromatic heterocycles. The molecule has 0 aliphatic carbocycles. The molecule has 2 rings (SSSR count). The van der Waals surface area contributed by atoms with Gasteiger partial charge in [-0.15, -0.1) is 0 Å². The van der Waals surface area contributed by atoms with E-state index in [9.17, 15) is 0 Å². The fourth-order valence-electron chi connectivity index (χ4n) is 2.02. The molecule has 0 saturated carbocycles. The van der Waals surface area contributed by atoms with Crippen molar-refractivity contribution in [3.8, 4) is 5.75 Å². The lowest BCUT2D eigenvalue weighted by Gasteiger charge is -2.09. The van der Waals surface area contributed by atoms with Crippen LogP contribution in [0.15, 0.2) is 24.3 Å². The number of fused-ring (bicyclic) bond motifs is 1. The van der Waals surface area contributed by atoms with Gasteiger partial charge < -0.3 is 10.1 Å². The molecule has 16 heavy (non-hydrogen) atoms. The number of benzene rings is 1. The van der Waals surface area contributed by atoms with Crippen LogP contribution in [-0.4, -0.2) is 24.1 Å². The normalized spacial score (nSPS) is 18.2. The highest BCUT2D eigenvalue weighted by atomic mass is 127. The number of hydrogen-bond acceptors (Lipinski definition) is 2. The van der Waals surface area contributed by atoms with Crippen molar-refractivity contribution in [2.75, 3.05) is 24.1 Å². The van der Waals surface area contributed by atoms with E-state index < -0.39 is 0 Å². The van der Waals surface area contributed by atoms with Crippen molar-refractivity contribution < 1.29 is 4.74 Å². The van der Waals surface area contributed by atoms with Gasteiger partial charge in [0.05, 0.1) is 6.61 Å². The fourth-order valence-corrected chi connectivity index (χ4v) is 2.56. The van der Waals surface area contributed by atoms with Gasteiger partial charge in [-0.25, -0.2) is 0 Å². The van der Waals surface area contributed by atoms with E-state index in [-0.39, 0.29) is 0 Å². The molecule has 0 amide bonds. The van der Waals surface area contributed by atoms with E-state index in [0.29, 0.717) is 5.92 Å². The van der Waals surface area contributed by atoms with Crippen molar-refractivity contribution in [1.82, 2.24) is 5.32 Å². The second-order valence-corrected chi connectivity index (χ2v) is 5.22. The molecule has 1 aromatic carbocycles. The molecule has 2 nitrogen and oxygen atoms in total. The molecule has 1 unspecified atom stereocenters. The summed E-state index contributed by atoms with van der Waals surface area (Å²) in [5.41, 5.74) is 1.36. The van der Waals surface area contributed by atoms with Crippen molar-refractivity contribution in [2.24, 2.45) is 0 Å². The Morgan fingerprint density at radius 3 is 3.06 bits per heavy atom.